The zero-order valence-electron chi connectivity index (χ0n) is 11.7. The molecule has 3 nitrogen and oxygen atoms in total. The van der Waals surface area contributed by atoms with Crippen LogP contribution in [0, 0.1) is 5.92 Å². The van der Waals surface area contributed by atoms with Crippen LogP contribution in [0.4, 0.5) is 0 Å². The Labute approximate surface area is 115 Å². The molecule has 0 amide bonds. The molecular weight excluding hydrogens is 236 g/mol. The minimum absolute atomic E-state index is 0.382. The van der Waals surface area contributed by atoms with Crippen LogP contribution in [0.1, 0.15) is 36.4 Å². The topological polar surface area (TPSA) is 38.5 Å². The summed E-state index contributed by atoms with van der Waals surface area (Å²) in [6.07, 6.45) is 4.16. The molecule has 104 valence electrons. The Morgan fingerprint density at radius 2 is 2.32 bits per heavy atom. The summed E-state index contributed by atoms with van der Waals surface area (Å²) >= 11 is 0. The summed E-state index contributed by atoms with van der Waals surface area (Å²) in [6, 6.07) is 9.87. The van der Waals surface area contributed by atoms with Crippen molar-refractivity contribution >= 4 is 0 Å². The van der Waals surface area contributed by atoms with E-state index in [9.17, 15) is 0 Å². The Hall–Kier alpha value is -0.900. The smallest absolute Gasteiger partial charge is 0.0713 e. The van der Waals surface area contributed by atoms with Gasteiger partial charge in [0.1, 0.15) is 0 Å². The predicted octanol–water partition coefficient (Wildman–Crippen LogP) is 2.32. The van der Waals surface area contributed by atoms with Gasteiger partial charge in [-0.2, -0.15) is 0 Å². The summed E-state index contributed by atoms with van der Waals surface area (Å²) in [5, 5.41) is 0. The number of ether oxygens (including phenoxy) is 1. The van der Waals surface area contributed by atoms with Gasteiger partial charge in [0.05, 0.1) is 6.61 Å². The number of hydrogen-bond donors (Lipinski definition) is 1. The Kier molecular flexibility index (Phi) is 3.87. The number of likely N-dealkylation sites (tertiary alicyclic amines) is 1. The molecule has 1 aromatic carbocycles. The lowest BCUT2D eigenvalue weighted by Gasteiger charge is -2.34. The Morgan fingerprint density at radius 3 is 2.95 bits per heavy atom. The van der Waals surface area contributed by atoms with Crippen molar-refractivity contribution in [3.8, 4) is 0 Å². The molecule has 0 aromatic heterocycles. The van der Waals surface area contributed by atoms with Gasteiger partial charge in [-0.3, -0.25) is 4.90 Å². The number of rotatable bonds is 5. The fourth-order valence-electron chi connectivity index (χ4n) is 3.86. The molecule has 3 atom stereocenters. The van der Waals surface area contributed by atoms with E-state index in [2.05, 4.69) is 29.2 Å². The normalized spacial score (nSPS) is 27.9. The van der Waals surface area contributed by atoms with Crippen LogP contribution in [0.5, 0.6) is 0 Å². The highest BCUT2D eigenvalue weighted by Gasteiger charge is 2.40. The van der Waals surface area contributed by atoms with Crippen molar-refractivity contribution in [3.05, 3.63) is 35.4 Å². The number of nitrogens with two attached hydrogens (primary N) is 1. The van der Waals surface area contributed by atoms with E-state index in [0.29, 0.717) is 19.2 Å². The highest BCUT2D eigenvalue weighted by Crippen LogP contribution is 2.41. The number of benzene rings is 1. The molecule has 1 aliphatic heterocycles. The molecule has 2 bridgehead atoms. The first-order valence-electron chi connectivity index (χ1n) is 7.35. The minimum atomic E-state index is 0.382. The van der Waals surface area contributed by atoms with Crippen molar-refractivity contribution in [2.24, 2.45) is 11.7 Å². The Balaban J connectivity index is 1.80. The Morgan fingerprint density at radius 1 is 1.42 bits per heavy atom. The number of piperidine rings is 1. The van der Waals surface area contributed by atoms with Crippen LogP contribution in [0.25, 0.3) is 0 Å². The van der Waals surface area contributed by atoms with Crippen LogP contribution < -0.4 is 5.73 Å². The maximum atomic E-state index is 6.07. The third kappa shape index (κ3) is 2.55. The van der Waals surface area contributed by atoms with E-state index in [-0.39, 0.29) is 0 Å². The summed E-state index contributed by atoms with van der Waals surface area (Å²) in [5.74, 6) is 0.918. The van der Waals surface area contributed by atoms with Crippen LogP contribution in [0.2, 0.25) is 0 Å². The van der Waals surface area contributed by atoms with Crippen molar-refractivity contribution in [2.75, 3.05) is 20.2 Å². The van der Waals surface area contributed by atoms with E-state index in [0.717, 1.165) is 12.0 Å². The van der Waals surface area contributed by atoms with Gasteiger partial charge >= 0.3 is 0 Å². The lowest BCUT2D eigenvalue weighted by atomic mass is 10.00. The van der Waals surface area contributed by atoms with E-state index in [1.54, 1.807) is 7.11 Å². The van der Waals surface area contributed by atoms with E-state index >= 15 is 0 Å². The molecular formula is C16H24N2O. The van der Waals surface area contributed by atoms with Crippen molar-refractivity contribution in [1.82, 2.24) is 4.90 Å². The van der Waals surface area contributed by atoms with Gasteiger partial charge in [-0.25, -0.2) is 0 Å². The second kappa shape index (κ2) is 5.61. The summed E-state index contributed by atoms with van der Waals surface area (Å²) in [4.78, 5) is 2.64. The second-order valence-electron chi connectivity index (χ2n) is 5.96. The van der Waals surface area contributed by atoms with E-state index in [1.807, 2.05) is 0 Å². The summed E-state index contributed by atoms with van der Waals surface area (Å²) in [6.45, 7) is 2.62. The highest BCUT2D eigenvalue weighted by atomic mass is 16.5. The summed E-state index contributed by atoms with van der Waals surface area (Å²) in [5.41, 5.74) is 8.66. The molecule has 1 aromatic rings. The largest absolute Gasteiger partial charge is 0.380 e. The molecule has 3 unspecified atom stereocenters. The van der Waals surface area contributed by atoms with Gasteiger partial charge < -0.3 is 10.5 Å². The zero-order chi connectivity index (χ0) is 13.2. The van der Waals surface area contributed by atoms with Crippen LogP contribution in [0.15, 0.2) is 24.3 Å². The Bertz CT molecular complexity index is 435. The van der Waals surface area contributed by atoms with Crippen LogP contribution >= 0.6 is 0 Å². The first-order valence-corrected chi connectivity index (χ1v) is 7.35. The fourth-order valence-corrected chi connectivity index (χ4v) is 3.86. The number of methoxy groups -OCH3 is 1. The van der Waals surface area contributed by atoms with Gasteiger partial charge in [0.2, 0.25) is 0 Å². The number of fused-ring (bicyclic) bond motifs is 2. The highest BCUT2D eigenvalue weighted by molar-refractivity contribution is 5.26. The lowest BCUT2D eigenvalue weighted by molar-refractivity contribution is 0.152. The van der Waals surface area contributed by atoms with E-state index < -0.39 is 0 Å². The van der Waals surface area contributed by atoms with Crippen molar-refractivity contribution in [1.29, 1.82) is 0 Å². The zero-order valence-corrected chi connectivity index (χ0v) is 11.7. The lowest BCUT2D eigenvalue weighted by Crippen LogP contribution is -2.39. The third-order valence-corrected chi connectivity index (χ3v) is 4.72. The van der Waals surface area contributed by atoms with Gasteiger partial charge in [0.15, 0.2) is 0 Å². The molecule has 0 spiro atoms. The molecule has 2 aliphatic rings. The van der Waals surface area contributed by atoms with Crippen LogP contribution in [-0.4, -0.2) is 31.1 Å². The molecule has 19 heavy (non-hydrogen) atoms. The molecule has 3 heteroatoms. The summed E-state index contributed by atoms with van der Waals surface area (Å²) in [7, 11) is 1.74. The summed E-state index contributed by atoms with van der Waals surface area (Å²) < 4.78 is 5.23. The molecule has 3 rings (SSSR count). The number of nitrogens with zero attached hydrogens (tertiary/aromatic N) is 1. The quantitative estimate of drug-likeness (QED) is 0.883. The molecule has 1 saturated heterocycles. The van der Waals surface area contributed by atoms with Gasteiger partial charge in [-0.05, 0) is 36.3 Å². The average Bonchev–Trinajstić information content (AvgIpc) is 3.03. The van der Waals surface area contributed by atoms with E-state index in [1.165, 1.54) is 36.9 Å². The number of hydrogen-bond acceptors (Lipinski definition) is 3. The van der Waals surface area contributed by atoms with E-state index in [4.69, 9.17) is 10.5 Å². The van der Waals surface area contributed by atoms with Crippen molar-refractivity contribution in [3.63, 3.8) is 0 Å². The standard InChI is InChI=1S/C16H24N2O/c1-19-11-13-3-2-4-14(7-13)16(9-17)18-10-12-5-6-15(18)8-12/h2-4,7,12,15-16H,5-6,8-11,17H2,1H3. The maximum Gasteiger partial charge on any atom is 0.0713 e. The van der Waals surface area contributed by atoms with Gasteiger partial charge in [0, 0.05) is 32.3 Å². The molecule has 1 heterocycles. The molecule has 2 N–H and O–H groups in total. The van der Waals surface area contributed by atoms with Crippen LogP contribution in [-0.2, 0) is 11.3 Å². The average molecular weight is 260 g/mol. The minimum Gasteiger partial charge on any atom is -0.380 e. The molecule has 0 radical (unpaired) electrons. The first-order chi connectivity index (χ1) is 9.31. The van der Waals surface area contributed by atoms with Crippen LogP contribution in [0.3, 0.4) is 0 Å². The molecule has 1 saturated carbocycles. The first kappa shape index (κ1) is 13.1. The van der Waals surface area contributed by atoms with Gasteiger partial charge in [0.25, 0.3) is 0 Å². The fraction of sp³-hybridized carbons (Fsp3) is 0.625. The second-order valence-corrected chi connectivity index (χ2v) is 5.96. The van der Waals surface area contributed by atoms with Gasteiger partial charge in [-0.1, -0.05) is 24.3 Å². The molecule has 1 aliphatic carbocycles. The predicted molar refractivity (Wildman–Crippen MR) is 76.8 cm³/mol. The van der Waals surface area contributed by atoms with Gasteiger partial charge in [-0.15, -0.1) is 0 Å². The molecule has 2 fully saturated rings. The maximum absolute atomic E-state index is 6.07. The monoisotopic (exact) mass is 260 g/mol. The van der Waals surface area contributed by atoms with Crippen molar-refractivity contribution < 1.29 is 4.74 Å². The SMILES string of the molecule is COCc1cccc(C(CN)N2CC3CCC2C3)c1. The van der Waals surface area contributed by atoms with Crippen molar-refractivity contribution in [2.45, 2.75) is 38.0 Å². The third-order valence-electron chi connectivity index (χ3n) is 4.72.